The largest absolute Gasteiger partial charge is 0.456 e. The SMILES string of the molecule is O=C(Nc1ccc2c(c1)Oc1cc(NC(=O)N3CCOCC3)ccc1C21OC(=O)c2ccccc21)OCc1ccc([N+](=O)[O-])cc1. The number of non-ortho nitro benzene ring substituents is 1. The maximum Gasteiger partial charge on any atom is 0.411 e. The number of benzene rings is 4. The summed E-state index contributed by atoms with van der Waals surface area (Å²) in [4.78, 5) is 50.7. The van der Waals surface area contributed by atoms with Crippen molar-refractivity contribution in [3.05, 3.63) is 123 Å². The number of amides is 3. The standard InChI is InChI=1S/C33H26N4O9/c38-30-24-3-1-2-4-25(24)33(46-30)26-11-7-21(34-31(39)36-13-15-43-16-14-36)17-28(26)45-29-18-22(8-12-27(29)33)35-32(40)44-19-20-5-9-23(10-6-20)37(41)42/h1-12,17-18H,13-16,19H2,(H,34,39)(H,35,40). The zero-order valence-electron chi connectivity index (χ0n) is 24.2. The molecule has 2 N–H and O–H groups in total. The molecule has 0 bridgehead atoms. The summed E-state index contributed by atoms with van der Waals surface area (Å²) in [7, 11) is 0. The van der Waals surface area contributed by atoms with E-state index >= 15 is 0 Å². The molecule has 3 amide bonds. The summed E-state index contributed by atoms with van der Waals surface area (Å²) >= 11 is 0. The van der Waals surface area contributed by atoms with Gasteiger partial charge in [-0.3, -0.25) is 15.4 Å². The molecule has 0 aromatic heterocycles. The van der Waals surface area contributed by atoms with Crippen molar-refractivity contribution in [2.75, 3.05) is 36.9 Å². The first kappa shape index (κ1) is 28.8. The lowest BCUT2D eigenvalue weighted by atomic mass is 9.77. The Bertz CT molecular complexity index is 1890. The molecule has 0 radical (unpaired) electrons. The van der Waals surface area contributed by atoms with Gasteiger partial charge in [-0.1, -0.05) is 18.2 Å². The molecule has 3 aliphatic heterocycles. The molecule has 1 saturated heterocycles. The molecule has 13 nitrogen and oxygen atoms in total. The molecule has 3 aliphatic rings. The number of urea groups is 1. The van der Waals surface area contributed by atoms with Crippen molar-refractivity contribution in [2.45, 2.75) is 12.2 Å². The minimum Gasteiger partial charge on any atom is -0.456 e. The van der Waals surface area contributed by atoms with Gasteiger partial charge < -0.3 is 29.2 Å². The van der Waals surface area contributed by atoms with E-state index in [9.17, 15) is 24.5 Å². The molecular weight excluding hydrogens is 596 g/mol. The highest BCUT2D eigenvalue weighted by Gasteiger charge is 2.53. The Balaban J connectivity index is 1.18. The predicted molar refractivity (Wildman–Crippen MR) is 163 cm³/mol. The lowest BCUT2D eigenvalue weighted by Gasteiger charge is -2.37. The van der Waals surface area contributed by atoms with Gasteiger partial charge in [-0.25, -0.2) is 14.4 Å². The van der Waals surface area contributed by atoms with Crippen molar-refractivity contribution in [3.63, 3.8) is 0 Å². The second-order valence-electron chi connectivity index (χ2n) is 10.8. The molecule has 232 valence electrons. The molecule has 46 heavy (non-hydrogen) atoms. The van der Waals surface area contributed by atoms with Crippen LogP contribution in [0.15, 0.2) is 84.9 Å². The van der Waals surface area contributed by atoms with Gasteiger partial charge in [-0.15, -0.1) is 0 Å². The van der Waals surface area contributed by atoms with Crippen LogP contribution < -0.4 is 15.4 Å². The number of anilines is 2. The third-order valence-corrected chi connectivity index (χ3v) is 8.03. The van der Waals surface area contributed by atoms with E-state index < -0.39 is 22.6 Å². The van der Waals surface area contributed by atoms with Crippen LogP contribution in [-0.4, -0.2) is 54.2 Å². The Morgan fingerprint density at radius 2 is 1.52 bits per heavy atom. The van der Waals surface area contributed by atoms with Crippen LogP contribution in [0.25, 0.3) is 0 Å². The van der Waals surface area contributed by atoms with Gasteiger partial charge in [0.2, 0.25) is 0 Å². The van der Waals surface area contributed by atoms with Crippen molar-refractivity contribution in [1.82, 2.24) is 4.90 Å². The smallest absolute Gasteiger partial charge is 0.411 e. The Morgan fingerprint density at radius 3 is 2.20 bits per heavy atom. The Kier molecular flexibility index (Phi) is 7.21. The van der Waals surface area contributed by atoms with Crippen molar-refractivity contribution in [3.8, 4) is 11.5 Å². The molecule has 4 aromatic carbocycles. The third kappa shape index (κ3) is 5.12. The summed E-state index contributed by atoms with van der Waals surface area (Å²) in [5, 5.41) is 16.5. The van der Waals surface area contributed by atoms with Crippen LogP contribution in [0.4, 0.5) is 26.7 Å². The second-order valence-corrected chi connectivity index (χ2v) is 10.8. The lowest BCUT2D eigenvalue weighted by Crippen LogP contribution is -2.43. The predicted octanol–water partition coefficient (Wildman–Crippen LogP) is 5.78. The van der Waals surface area contributed by atoms with Crippen LogP contribution in [0.5, 0.6) is 11.5 Å². The molecule has 1 unspecified atom stereocenters. The molecule has 4 aromatic rings. The van der Waals surface area contributed by atoms with Crippen molar-refractivity contribution in [2.24, 2.45) is 0 Å². The van der Waals surface area contributed by atoms with E-state index in [1.165, 1.54) is 24.3 Å². The minimum absolute atomic E-state index is 0.0659. The molecule has 3 heterocycles. The topological polar surface area (TPSA) is 159 Å². The summed E-state index contributed by atoms with van der Waals surface area (Å²) in [5.41, 5.74) is 2.19. The van der Waals surface area contributed by atoms with Crippen LogP contribution in [-0.2, 0) is 26.4 Å². The Labute approximate surface area is 261 Å². The highest BCUT2D eigenvalue weighted by atomic mass is 16.6. The molecule has 0 saturated carbocycles. The van der Waals surface area contributed by atoms with Gasteiger partial charge in [0.1, 0.15) is 18.1 Å². The number of fused-ring (bicyclic) bond motifs is 6. The maximum atomic E-state index is 13.2. The fourth-order valence-corrected chi connectivity index (χ4v) is 5.82. The fourth-order valence-electron chi connectivity index (χ4n) is 5.82. The van der Waals surface area contributed by atoms with E-state index in [0.29, 0.717) is 77.0 Å². The third-order valence-electron chi connectivity index (χ3n) is 8.03. The highest BCUT2D eigenvalue weighted by molar-refractivity contribution is 5.97. The molecule has 1 fully saturated rings. The molecule has 1 spiro atoms. The van der Waals surface area contributed by atoms with E-state index in [4.69, 9.17) is 18.9 Å². The van der Waals surface area contributed by atoms with Gasteiger partial charge in [-0.05, 0) is 48.0 Å². The van der Waals surface area contributed by atoms with Crippen LogP contribution in [0.1, 0.15) is 32.6 Å². The average molecular weight is 623 g/mol. The average Bonchev–Trinajstić information content (AvgIpc) is 3.36. The van der Waals surface area contributed by atoms with E-state index in [1.54, 1.807) is 53.4 Å². The lowest BCUT2D eigenvalue weighted by molar-refractivity contribution is -0.384. The monoisotopic (exact) mass is 622 g/mol. The first-order valence-corrected chi connectivity index (χ1v) is 14.4. The number of carbonyl (C=O) groups is 3. The number of hydrogen-bond donors (Lipinski definition) is 2. The maximum absolute atomic E-state index is 13.2. The molecule has 1 atom stereocenters. The van der Waals surface area contributed by atoms with Gasteiger partial charge in [0.15, 0.2) is 5.60 Å². The van der Waals surface area contributed by atoms with Crippen molar-refractivity contribution >= 4 is 35.2 Å². The number of ether oxygens (including phenoxy) is 4. The van der Waals surface area contributed by atoms with E-state index in [-0.39, 0.29) is 18.3 Å². The van der Waals surface area contributed by atoms with Gasteiger partial charge in [0.25, 0.3) is 5.69 Å². The van der Waals surface area contributed by atoms with Gasteiger partial charge in [0, 0.05) is 65.4 Å². The van der Waals surface area contributed by atoms with Crippen LogP contribution >= 0.6 is 0 Å². The first-order valence-electron chi connectivity index (χ1n) is 14.4. The molecular formula is C33H26N4O9. The van der Waals surface area contributed by atoms with E-state index in [0.717, 1.165) is 0 Å². The number of carbonyl (C=O) groups excluding carboxylic acids is 3. The Morgan fingerprint density at radius 1 is 0.870 bits per heavy atom. The molecule has 13 heteroatoms. The number of nitro groups is 1. The number of nitro benzene ring substituents is 1. The van der Waals surface area contributed by atoms with E-state index in [1.807, 2.05) is 12.1 Å². The number of nitrogens with zero attached hydrogens (tertiary/aromatic N) is 2. The van der Waals surface area contributed by atoms with Crippen LogP contribution in [0.3, 0.4) is 0 Å². The quantitative estimate of drug-likeness (QED) is 0.160. The number of hydrogen-bond acceptors (Lipinski definition) is 9. The summed E-state index contributed by atoms with van der Waals surface area (Å²) < 4.78 is 23.2. The zero-order chi connectivity index (χ0) is 31.8. The summed E-state index contributed by atoms with van der Waals surface area (Å²) in [6.07, 6.45) is -0.755. The second kappa shape index (κ2) is 11.5. The number of esters is 1. The molecule has 7 rings (SSSR count). The molecule has 0 aliphatic carbocycles. The van der Waals surface area contributed by atoms with Gasteiger partial charge in [0.05, 0.1) is 23.7 Å². The zero-order valence-corrected chi connectivity index (χ0v) is 24.2. The summed E-state index contributed by atoms with van der Waals surface area (Å²) in [5.74, 6) is 0.188. The van der Waals surface area contributed by atoms with Crippen LogP contribution in [0, 0.1) is 10.1 Å². The normalized spacial score (nSPS) is 17.6. The highest BCUT2D eigenvalue weighted by Crippen LogP contribution is 2.56. The van der Waals surface area contributed by atoms with Gasteiger partial charge in [-0.2, -0.15) is 0 Å². The van der Waals surface area contributed by atoms with Crippen molar-refractivity contribution < 1.29 is 38.3 Å². The number of nitrogens with one attached hydrogen (secondary N) is 2. The fraction of sp³-hybridized carbons (Fsp3) is 0.182. The number of rotatable bonds is 5. The van der Waals surface area contributed by atoms with Crippen LogP contribution in [0.2, 0.25) is 0 Å². The summed E-state index contributed by atoms with van der Waals surface area (Å²) in [6, 6.07) is 22.7. The Hall–Kier alpha value is -5.95. The van der Waals surface area contributed by atoms with Gasteiger partial charge >= 0.3 is 18.1 Å². The first-order chi connectivity index (χ1) is 22.3. The summed E-state index contributed by atoms with van der Waals surface area (Å²) in [6.45, 7) is 1.77. The van der Waals surface area contributed by atoms with Crippen molar-refractivity contribution in [1.29, 1.82) is 0 Å². The number of morpholine rings is 1. The van der Waals surface area contributed by atoms with E-state index in [2.05, 4.69) is 10.6 Å². The minimum atomic E-state index is -1.34.